The van der Waals surface area contributed by atoms with E-state index < -0.39 is 5.92 Å². The molecule has 0 saturated carbocycles. The molecule has 2 aromatic carbocycles. The number of thioether (sulfide) groups is 1. The number of hydrogen-bond acceptors (Lipinski definition) is 5. The number of H-pyrrole nitrogens is 1. The van der Waals surface area contributed by atoms with Crippen molar-refractivity contribution in [3.05, 3.63) is 96.9 Å². The number of allylic oxidation sites excluding steroid dienone is 2. The maximum absolute atomic E-state index is 13.4. The number of aromatic amines is 1. The van der Waals surface area contributed by atoms with E-state index in [-0.39, 0.29) is 16.8 Å². The minimum atomic E-state index is -0.607. The summed E-state index contributed by atoms with van der Waals surface area (Å²) in [5, 5.41) is 4.77. The summed E-state index contributed by atoms with van der Waals surface area (Å²) in [6, 6.07) is 15.2. The van der Waals surface area contributed by atoms with Gasteiger partial charge in [-0.3, -0.25) is 9.59 Å². The number of carbonyl (C=O) groups is 1. The van der Waals surface area contributed by atoms with Crippen molar-refractivity contribution in [3.8, 4) is 0 Å². The molecule has 34 heavy (non-hydrogen) atoms. The van der Waals surface area contributed by atoms with Crippen LogP contribution in [0.3, 0.4) is 0 Å². The van der Waals surface area contributed by atoms with Gasteiger partial charge in [0.15, 0.2) is 10.9 Å². The average molecular weight is 512 g/mol. The van der Waals surface area contributed by atoms with E-state index in [4.69, 9.17) is 28.2 Å². The quantitative estimate of drug-likeness (QED) is 0.306. The van der Waals surface area contributed by atoms with Gasteiger partial charge in [-0.2, -0.15) is 0 Å². The van der Waals surface area contributed by atoms with Gasteiger partial charge in [-0.05, 0) is 35.1 Å². The Hall–Kier alpha value is -2.54. The van der Waals surface area contributed by atoms with E-state index in [9.17, 15) is 9.59 Å². The number of anilines is 1. The number of carbonyl (C=O) groups excluding carboxylic acids is 1. The number of hydrogen-bond donors (Lipinski definition) is 2. The highest BCUT2D eigenvalue weighted by Crippen LogP contribution is 2.49. The molecular weight excluding hydrogens is 489 g/mol. The molecule has 0 saturated heterocycles. The highest BCUT2D eigenvalue weighted by Gasteiger charge is 2.43. The molecule has 1 aromatic heterocycles. The van der Waals surface area contributed by atoms with E-state index in [1.807, 2.05) is 30.3 Å². The molecule has 3 aromatic rings. The summed E-state index contributed by atoms with van der Waals surface area (Å²) in [7, 11) is 0. The van der Waals surface area contributed by atoms with Gasteiger partial charge in [-0.25, -0.2) is 4.98 Å². The van der Waals surface area contributed by atoms with E-state index in [2.05, 4.69) is 24.1 Å². The maximum Gasteiger partial charge on any atom is 0.257 e. The number of halogens is 2. The molecule has 1 aliphatic heterocycles. The van der Waals surface area contributed by atoms with Crippen molar-refractivity contribution in [1.82, 2.24) is 9.97 Å². The maximum atomic E-state index is 13.4. The van der Waals surface area contributed by atoms with Crippen LogP contribution in [0.4, 0.5) is 5.82 Å². The van der Waals surface area contributed by atoms with Crippen LogP contribution < -0.4 is 10.9 Å². The number of nitrogens with zero attached hydrogens (tertiary/aromatic N) is 1. The molecule has 0 unspecified atom stereocenters. The molecule has 0 radical (unpaired) electrons. The number of nitrogens with one attached hydrogen (secondary N) is 2. The van der Waals surface area contributed by atoms with Crippen molar-refractivity contribution in [2.75, 3.05) is 5.32 Å². The van der Waals surface area contributed by atoms with Crippen molar-refractivity contribution in [2.24, 2.45) is 5.41 Å². The van der Waals surface area contributed by atoms with Crippen LogP contribution in [-0.4, -0.2) is 15.8 Å². The fraction of sp³-hybridized carbons (Fsp3) is 0.269. The Labute approximate surface area is 212 Å². The smallest absolute Gasteiger partial charge is 0.257 e. The number of Topliss-reactive ketones (excluding diaryl/α,β-unsaturated/α-hetero) is 1. The molecule has 0 spiro atoms. The van der Waals surface area contributed by atoms with Crippen molar-refractivity contribution in [3.63, 3.8) is 0 Å². The minimum Gasteiger partial charge on any atom is -0.343 e. The first-order valence-corrected chi connectivity index (χ1v) is 12.8. The van der Waals surface area contributed by atoms with E-state index >= 15 is 0 Å². The summed E-state index contributed by atoms with van der Waals surface area (Å²) in [4.78, 5) is 34.4. The Morgan fingerprint density at radius 1 is 1.09 bits per heavy atom. The Kier molecular flexibility index (Phi) is 6.09. The first-order valence-electron chi connectivity index (χ1n) is 11.0. The second-order valence-corrected chi connectivity index (χ2v) is 11.3. The van der Waals surface area contributed by atoms with Crippen LogP contribution in [0.2, 0.25) is 10.0 Å². The Morgan fingerprint density at radius 2 is 1.85 bits per heavy atom. The Bertz CT molecular complexity index is 1380. The third-order valence-electron chi connectivity index (χ3n) is 6.19. The molecule has 2 aliphatic rings. The number of ketones is 1. The van der Waals surface area contributed by atoms with E-state index in [1.54, 1.807) is 18.2 Å². The fourth-order valence-electron chi connectivity index (χ4n) is 4.73. The van der Waals surface area contributed by atoms with Crippen LogP contribution in [0.5, 0.6) is 0 Å². The van der Waals surface area contributed by atoms with E-state index in [0.717, 1.165) is 11.3 Å². The van der Waals surface area contributed by atoms with Crippen LogP contribution in [0.25, 0.3) is 0 Å². The molecule has 0 bridgehead atoms. The zero-order valence-electron chi connectivity index (χ0n) is 18.7. The van der Waals surface area contributed by atoms with Crippen LogP contribution in [0.1, 0.15) is 49.3 Å². The molecule has 1 aliphatic carbocycles. The Morgan fingerprint density at radius 3 is 2.59 bits per heavy atom. The normalized spacial score (nSPS) is 18.8. The monoisotopic (exact) mass is 511 g/mol. The first kappa shape index (κ1) is 23.2. The van der Waals surface area contributed by atoms with E-state index in [1.165, 1.54) is 11.8 Å². The predicted molar refractivity (Wildman–Crippen MR) is 138 cm³/mol. The topological polar surface area (TPSA) is 74.8 Å². The minimum absolute atomic E-state index is 0.0161. The lowest BCUT2D eigenvalue weighted by molar-refractivity contribution is -0.118. The van der Waals surface area contributed by atoms with Crippen molar-refractivity contribution >= 4 is 46.6 Å². The lowest BCUT2D eigenvalue weighted by Crippen LogP contribution is -2.37. The average Bonchev–Trinajstić information content (AvgIpc) is 2.76. The summed E-state index contributed by atoms with van der Waals surface area (Å²) in [5.74, 6) is 0.556. The van der Waals surface area contributed by atoms with Gasteiger partial charge in [0.2, 0.25) is 0 Å². The number of benzene rings is 2. The second kappa shape index (κ2) is 8.91. The summed E-state index contributed by atoms with van der Waals surface area (Å²) in [6.45, 7) is 4.14. The van der Waals surface area contributed by atoms with Crippen LogP contribution >= 0.6 is 35.0 Å². The largest absolute Gasteiger partial charge is 0.343 e. The summed E-state index contributed by atoms with van der Waals surface area (Å²) in [5.41, 5.74) is 3.13. The Balaban J connectivity index is 1.62. The van der Waals surface area contributed by atoms with Crippen molar-refractivity contribution < 1.29 is 4.79 Å². The summed E-state index contributed by atoms with van der Waals surface area (Å²) < 4.78 is 0. The van der Waals surface area contributed by atoms with Gasteiger partial charge in [-0.1, -0.05) is 85.2 Å². The first-order chi connectivity index (χ1) is 16.2. The molecular formula is C26H23Cl2N3O2S. The third kappa shape index (κ3) is 4.42. The molecule has 2 N–H and O–H groups in total. The summed E-state index contributed by atoms with van der Waals surface area (Å²) in [6.07, 6.45) is 1.08. The van der Waals surface area contributed by atoms with Gasteiger partial charge in [0.05, 0.1) is 5.56 Å². The van der Waals surface area contributed by atoms with Crippen LogP contribution in [-0.2, 0) is 10.5 Å². The standard InChI is InChI=1S/C26H23Cl2N3O2S/c1-26(2)11-18-21(19(32)12-26)20(16-9-8-15(27)10-17(16)28)22-23(29-18)30-25(31-24(22)33)34-13-14-6-4-3-5-7-14/h3-10,20H,11-13H2,1-2H3,(H2,29,30,31,33)/t20-/m0/s1. The lowest BCUT2D eigenvalue weighted by Gasteiger charge is -2.38. The van der Waals surface area contributed by atoms with Gasteiger partial charge in [0, 0.05) is 39.4 Å². The highest BCUT2D eigenvalue weighted by atomic mass is 35.5. The molecule has 174 valence electrons. The molecule has 0 amide bonds. The van der Waals surface area contributed by atoms with Gasteiger partial charge in [0.1, 0.15) is 5.82 Å². The highest BCUT2D eigenvalue weighted by molar-refractivity contribution is 7.98. The molecule has 5 nitrogen and oxygen atoms in total. The molecule has 2 heterocycles. The number of fused-ring (bicyclic) bond motifs is 1. The fourth-order valence-corrected chi connectivity index (χ4v) is 6.07. The van der Waals surface area contributed by atoms with Gasteiger partial charge >= 0.3 is 0 Å². The predicted octanol–water partition coefficient (Wildman–Crippen LogP) is 6.57. The van der Waals surface area contributed by atoms with E-state index in [0.29, 0.717) is 56.3 Å². The van der Waals surface area contributed by atoms with Gasteiger partial charge < -0.3 is 10.3 Å². The van der Waals surface area contributed by atoms with Gasteiger partial charge in [-0.15, -0.1) is 0 Å². The number of aromatic nitrogens is 2. The van der Waals surface area contributed by atoms with Crippen LogP contribution in [0, 0.1) is 5.41 Å². The number of rotatable bonds is 4. The molecule has 8 heteroatoms. The van der Waals surface area contributed by atoms with Gasteiger partial charge in [0.25, 0.3) is 5.56 Å². The molecule has 1 atom stereocenters. The second-order valence-electron chi connectivity index (χ2n) is 9.46. The molecule has 5 rings (SSSR count). The third-order valence-corrected chi connectivity index (χ3v) is 7.70. The van der Waals surface area contributed by atoms with Crippen molar-refractivity contribution in [2.45, 2.75) is 43.5 Å². The zero-order chi connectivity index (χ0) is 24.0. The zero-order valence-corrected chi connectivity index (χ0v) is 21.1. The summed E-state index contributed by atoms with van der Waals surface area (Å²) >= 11 is 14.2. The van der Waals surface area contributed by atoms with Crippen LogP contribution in [0.15, 0.2) is 69.8 Å². The lowest BCUT2D eigenvalue weighted by atomic mass is 9.69. The SMILES string of the molecule is CC1(C)CC(=O)C2=C(C1)Nc1nc(SCc3ccccc3)[nH]c(=O)c1[C@H]2c1ccc(Cl)cc1Cl. The molecule has 0 fully saturated rings. The van der Waals surface area contributed by atoms with Crippen molar-refractivity contribution in [1.29, 1.82) is 0 Å².